The number of carbonyl (C=O) groups is 1. The zero-order valence-electron chi connectivity index (χ0n) is 42.2. The molecule has 8 unspecified atom stereocenters. The quantitative estimate of drug-likeness (QED) is 0.0224. The third-order valence-corrected chi connectivity index (χ3v) is 14.0. The van der Waals surface area contributed by atoms with Gasteiger partial charge >= 0.3 is 10.4 Å². The fraction of sp³-hybridized carbons (Fsp3) is 0.981. The molecule has 1 amide bonds. The van der Waals surface area contributed by atoms with Crippen molar-refractivity contribution in [3.63, 3.8) is 0 Å². The van der Waals surface area contributed by atoms with Crippen LogP contribution in [-0.4, -0.2) is 107 Å². The molecule has 13 nitrogen and oxygen atoms in total. The van der Waals surface area contributed by atoms with Crippen LogP contribution in [0.15, 0.2) is 0 Å². The topological polar surface area (TPSA) is 212 Å². The van der Waals surface area contributed by atoms with Crippen molar-refractivity contribution in [1.82, 2.24) is 5.32 Å². The molecule has 0 aliphatic carbocycles. The molecule has 0 spiro atoms. The summed E-state index contributed by atoms with van der Waals surface area (Å²) >= 11 is 0. The third kappa shape index (κ3) is 34.4. The van der Waals surface area contributed by atoms with Crippen LogP contribution in [0, 0.1) is 0 Å². The Balaban J connectivity index is 2.44. The fourth-order valence-corrected chi connectivity index (χ4v) is 9.68. The molecular formula is C52H103NO12S. The minimum absolute atomic E-state index is 0.266. The summed E-state index contributed by atoms with van der Waals surface area (Å²) in [5, 5.41) is 55.6. The van der Waals surface area contributed by atoms with E-state index in [1.165, 1.54) is 186 Å². The maximum atomic E-state index is 13.2. The number of aliphatic hydroxyl groups is 5. The van der Waals surface area contributed by atoms with Gasteiger partial charge in [0.15, 0.2) is 6.29 Å². The Kier molecular flexibility index (Phi) is 41.0. The molecule has 1 aliphatic heterocycles. The normalized spacial score (nSPS) is 20.4. The molecule has 394 valence electrons. The van der Waals surface area contributed by atoms with Crippen LogP contribution in [0.25, 0.3) is 0 Å². The third-order valence-electron chi connectivity index (χ3n) is 13.5. The molecular weight excluding hydrogens is 863 g/mol. The van der Waals surface area contributed by atoms with Crippen molar-refractivity contribution in [2.24, 2.45) is 0 Å². The van der Waals surface area contributed by atoms with Gasteiger partial charge in [-0.05, 0) is 12.8 Å². The summed E-state index contributed by atoms with van der Waals surface area (Å²) in [6.45, 7) is 3.33. The van der Waals surface area contributed by atoms with Gasteiger partial charge in [0.1, 0.15) is 30.5 Å². The molecule has 1 rings (SSSR count). The average molecular weight is 966 g/mol. The van der Waals surface area contributed by atoms with E-state index in [1.807, 2.05) is 0 Å². The predicted octanol–water partition coefficient (Wildman–Crippen LogP) is 11.1. The zero-order valence-corrected chi connectivity index (χ0v) is 43.0. The van der Waals surface area contributed by atoms with Crippen molar-refractivity contribution < 1.29 is 57.0 Å². The van der Waals surface area contributed by atoms with E-state index in [4.69, 9.17) is 9.47 Å². The Hall–Kier alpha value is -0.940. The van der Waals surface area contributed by atoms with E-state index in [0.29, 0.717) is 19.3 Å². The SMILES string of the molecule is CCCCCCCCCCCCCCCCCCCCCCCC(O)C(COC1OC(CO)C(O)C(OS(=O)(=O)O)C1O)NC(=O)C(O)CCCCCCCCCCCCCCCCCC. The zero-order chi connectivity index (χ0) is 48.5. The highest BCUT2D eigenvalue weighted by Gasteiger charge is 2.48. The Bertz CT molecular complexity index is 1200. The van der Waals surface area contributed by atoms with Gasteiger partial charge in [-0.2, -0.15) is 8.42 Å². The Labute approximate surface area is 403 Å². The summed E-state index contributed by atoms with van der Waals surface area (Å²) in [5.74, 6) is -0.663. The number of rotatable bonds is 48. The Morgan fingerprint density at radius 2 is 0.879 bits per heavy atom. The first-order valence-electron chi connectivity index (χ1n) is 27.5. The van der Waals surface area contributed by atoms with Gasteiger partial charge in [0.25, 0.3) is 0 Å². The van der Waals surface area contributed by atoms with Crippen molar-refractivity contribution in [3.8, 4) is 0 Å². The average Bonchev–Trinajstić information content (AvgIpc) is 3.29. The maximum absolute atomic E-state index is 13.2. The number of amides is 1. The van der Waals surface area contributed by atoms with Gasteiger partial charge < -0.3 is 40.3 Å². The molecule has 1 saturated heterocycles. The van der Waals surface area contributed by atoms with Crippen molar-refractivity contribution in [2.45, 2.75) is 313 Å². The summed E-state index contributed by atoms with van der Waals surface area (Å²) in [4.78, 5) is 13.2. The first kappa shape index (κ1) is 63.1. The lowest BCUT2D eigenvalue weighted by atomic mass is 9.99. The minimum atomic E-state index is -5.11. The minimum Gasteiger partial charge on any atom is -0.394 e. The summed E-state index contributed by atoms with van der Waals surface area (Å²) in [6, 6.07) is -1.03. The van der Waals surface area contributed by atoms with Gasteiger partial charge in [0, 0.05) is 0 Å². The van der Waals surface area contributed by atoms with Crippen LogP contribution in [0.2, 0.25) is 0 Å². The van der Waals surface area contributed by atoms with Crippen LogP contribution >= 0.6 is 0 Å². The second kappa shape index (κ2) is 42.9. The molecule has 0 bridgehead atoms. The Morgan fingerprint density at radius 3 is 1.21 bits per heavy atom. The van der Waals surface area contributed by atoms with Gasteiger partial charge in [0.05, 0.1) is 25.4 Å². The number of hydrogen-bond donors (Lipinski definition) is 7. The number of hydrogen-bond acceptors (Lipinski definition) is 11. The molecule has 14 heteroatoms. The van der Waals surface area contributed by atoms with E-state index in [1.54, 1.807) is 0 Å². The van der Waals surface area contributed by atoms with E-state index < -0.39 is 78.5 Å². The van der Waals surface area contributed by atoms with Crippen molar-refractivity contribution in [3.05, 3.63) is 0 Å². The van der Waals surface area contributed by atoms with E-state index in [2.05, 4.69) is 23.3 Å². The van der Waals surface area contributed by atoms with Crippen LogP contribution in [0.1, 0.15) is 264 Å². The second-order valence-electron chi connectivity index (χ2n) is 19.7. The highest BCUT2D eigenvalue weighted by molar-refractivity contribution is 7.80. The molecule has 1 heterocycles. The molecule has 7 N–H and O–H groups in total. The number of aliphatic hydroxyl groups excluding tert-OH is 5. The van der Waals surface area contributed by atoms with Gasteiger partial charge in [0.2, 0.25) is 5.91 Å². The molecule has 1 aliphatic rings. The predicted molar refractivity (Wildman–Crippen MR) is 265 cm³/mol. The van der Waals surface area contributed by atoms with E-state index in [-0.39, 0.29) is 6.42 Å². The van der Waals surface area contributed by atoms with Gasteiger partial charge in [-0.25, -0.2) is 4.18 Å². The number of ether oxygens (including phenoxy) is 2. The smallest absolute Gasteiger partial charge is 0.394 e. The summed E-state index contributed by atoms with van der Waals surface area (Å²) in [6.07, 6.45) is 35.6. The highest BCUT2D eigenvalue weighted by Crippen LogP contribution is 2.26. The van der Waals surface area contributed by atoms with Crippen LogP contribution in [0.4, 0.5) is 0 Å². The second-order valence-corrected chi connectivity index (χ2v) is 20.7. The lowest BCUT2D eigenvalue weighted by molar-refractivity contribution is -0.298. The molecule has 0 saturated carbocycles. The Morgan fingerprint density at radius 1 is 0.545 bits per heavy atom. The summed E-state index contributed by atoms with van der Waals surface area (Å²) < 4.78 is 47.8. The van der Waals surface area contributed by atoms with Crippen LogP contribution in [0.5, 0.6) is 0 Å². The molecule has 8 atom stereocenters. The molecule has 0 aromatic heterocycles. The van der Waals surface area contributed by atoms with Crippen molar-refractivity contribution >= 4 is 16.3 Å². The van der Waals surface area contributed by atoms with Crippen molar-refractivity contribution in [2.75, 3.05) is 13.2 Å². The van der Waals surface area contributed by atoms with Crippen LogP contribution in [-0.2, 0) is 28.9 Å². The lowest BCUT2D eigenvalue weighted by Gasteiger charge is -2.41. The molecule has 0 aromatic carbocycles. The summed E-state index contributed by atoms with van der Waals surface area (Å²) in [7, 11) is -5.11. The summed E-state index contributed by atoms with van der Waals surface area (Å²) in [5.41, 5.74) is 0. The van der Waals surface area contributed by atoms with Crippen molar-refractivity contribution in [1.29, 1.82) is 0 Å². The number of nitrogens with one attached hydrogen (secondary N) is 1. The number of carbonyl (C=O) groups excluding carboxylic acids is 1. The van der Waals surface area contributed by atoms with Crippen LogP contribution < -0.4 is 5.32 Å². The molecule has 0 aromatic rings. The van der Waals surface area contributed by atoms with E-state index in [0.717, 1.165) is 38.5 Å². The molecule has 0 radical (unpaired) electrons. The van der Waals surface area contributed by atoms with Gasteiger partial charge in [-0.15, -0.1) is 0 Å². The van der Waals surface area contributed by atoms with E-state index in [9.17, 15) is 43.3 Å². The lowest BCUT2D eigenvalue weighted by Crippen LogP contribution is -2.61. The fourth-order valence-electron chi connectivity index (χ4n) is 9.17. The number of unbranched alkanes of at least 4 members (excludes halogenated alkanes) is 35. The first-order valence-corrected chi connectivity index (χ1v) is 28.9. The van der Waals surface area contributed by atoms with Crippen LogP contribution in [0.3, 0.4) is 0 Å². The van der Waals surface area contributed by atoms with Gasteiger partial charge in [-0.3, -0.25) is 9.35 Å². The largest absolute Gasteiger partial charge is 0.397 e. The molecule has 1 fully saturated rings. The first-order chi connectivity index (χ1) is 31.9. The highest BCUT2D eigenvalue weighted by atomic mass is 32.3. The monoisotopic (exact) mass is 966 g/mol. The maximum Gasteiger partial charge on any atom is 0.397 e. The standard InChI is InChI=1S/C52H103NO12S/c1-3-5-7-9-11-13-15-17-19-21-22-23-24-25-27-28-30-32-34-36-38-40-45(55)44(43-63-52-49(58)50(65-66(60,61)62)48(57)47(42-54)64-52)53-51(59)46(56)41-39-37-35-33-31-29-26-20-18-16-14-12-10-8-6-4-2/h44-50,52,54-58H,3-43H2,1-2H3,(H,53,59)(H,60,61,62). The van der Waals surface area contributed by atoms with E-state index >= 15 is 0 Å². The molecule has 66 heavy (non-hydrogen) atoms. The van der Waals surface area contributed by atoms with Gasteiger partial charge in [-0.1, -0.05) is 251 Å².